The van der Waals surface area contributed by atoms with Gasteiger partial charge in [0.05, 0.1) is 0 Å². The fourth-order valence-corrected chi connectivity index (χ4v) is 5.20. The van der Waals surface area contributed by atoms with Crippen molar-refractivity contribution in [1.29, 1.82) is 0 Å². The molecule has 0 aliphatic carbocycles. The maximum absolute atomic E-state index is 13.8. The largest absolute Gasteiger partial charge is 0.505 e. The lowest BCUT2D eigenvalue weighted by Gasteiger charge is -2.35. The van der Waals surface area contributed by atoms with Crippen LogP contribution in [0.1, 0.15) is 53.6 Å². The van der Waals surface area contributed by atoms with Crippen LogP contribution in [0.25, 0.3) is 0 Å². The van der Waals surface area contributed by atoms with Crippen LogP contribution < -0.4 is 10.1 Å². The van der Waals surface area contributed by atoms with Crippen molar-refractivity contribution in [3.8, 4) is 11.5 Å². The summed E-state index contributed by atoms with van der Waals surface area (Å²) in [6.45, 7) is 2.01. The van der Waals surface area contributed by atoms with Crippen molar-refractivity contribution in [3.63, 3.8) is 0 Å². The average molecular weight is 482 g/mol. The second kappa shape index (κ2) is 9.65. The standard InChI is InChI=1S/C26H28FN3O5/c27-21-6-3-4-16(24(21)32)13-29-11-2-1-5-18(29)15-35-19-7-8-20-17(12-19)14-30(26(20)34)22-9-10-23(31)28-25(22)33/h3-4,6-8,12,18,22,32H,1-2,5,9-11,13-15H2,(H,28,31,33)/t18-,22?/m1/s1. The average Bonchev–Trinajstić information content (AvgIpc) is 3.17. The van der Waals surface area contributed by atoms with Crippen molar-refractivity contribution in [2.75, 3.05) is 13.2 Å². The van der Waals surface area contributed by atoms with Gasteiger partial charge in [0.2, 0.25) is 11.8 Å². The van der Waals surface area contributed by atoms with Crippen LogP contribution in [0, 0.1) is 5.82 Å². The summed E-state index contributed by atoms with van der Waals surface area (Å²) in [7, 11) is 0. The number of para-hydroxylation sites is 1. The molecule has 8 nitrogen and oxygen atoms in total. The lowest BCUT2D eigenvalue weighted by Crippen LogP contribution is -2.52. The second-order valence-electron chi connectivity index (χ2n) is 9.40. The number of phenolic OH excluding ortho intramolecular Hbond substituents is 1. The summed E-state index contributed by atoms with van der Waals surface area (Å²) in [5, 5.41) is 12.4. The molecule has 2 saturated heterocycles. The quantitative estimate of drug-likeness (QED) is 0.616. The number of likely N-dealkylation sites (tertiary alicyclic amines) is 1. The van der Waals surface area contributed by atoms with E-state index in [9.17, 15) is 23.9 Å². The number of halogens is 1. The molecule has 0 spiro atoms. The van der Waals surface area contributed by atoms with Crippen LogP contribution in [-0.4, -0.2) is 57.9 Å². The van der Waals surface area contributed by atoms with Gasteiger partial charge in [-0.3, -0.25) is 24.6 Å². The number of benzene rings is 2. The molecule has 2 fully saturated rings. The van der Waals surface area contributed by atoms with Crippen LogP contribution in [0.3, 0.4) is 0 Å². The lowest BCUT2D eigenvalue weighted by molar-refractivity contribution is -0.136. The van der Waals surface area contributed by atoms with Crippen molar-refractivity contribution >= 4 is 17.7 Å². The fourth-order valence-electron chi connectivity index (χ4n) is 5.20. The minimum atomic E-state index is -0.646. The van der Waals surface area contributed by atoms with Crippen molar-refractivity contribution in [1.82, 2.24) is 15.1 Å². The topological polar surface area (TPSA) is 99.2 Å². The van der Waals surface area contributed by atoms with Crippen molar-refractivity contribution in [3.05, 3.63) is 58.9 Å². The summed E-state index contributed by atoms with van der Waals surface area (Å²) in [5.74, 6) is -1.24. The first-order valence-corrected chi connectivity index (χ1v) is 12.0. The summed E-state index contributed by atoms with van der Waals surface area (Å²) >= 11 is 0. The molecule has 35 heavy (non-hydrogen) atoms. The highest BCUT2D eigenvalue weighted by atomic mass is 19.1. The van der Waals surface area contributed by atoms with Gasteiger partial charge >= 0.3 is 0 Å². The van der Waals surface area contributed by atoms with Crippen molar-refractivity contribution in [2.24, 2.45) is 0 Å². The maximum Gasteiger partial charge on any atom is 0.255 e. The predicted octanol–water partition coefficient (Wildman–Crippen LogP) is 2.73. The smallest absolute Gasteiger partial charge is 0.255 e. The number of ether oxygens (including phenoxy) is 1. The second-order valence-corrected chi connectivity index (χ2v) is 9.40. The van der Waals surface area contributed by atoms with Crippen LogP contribution in [0.15, 0.2) is 36.4 Å². The van der Waals surface area contributed by atoms with Gasteiger partial charge in [-0.2, -0.15) is 0 Å². The highest BCUT2D eigenvalue weighted by Gasteiger charge is 2.39. The summed E-state index contributed by atoms with van der Waals surface area (Å²) in [4.78, 5) is 40.3. The molecule has 9 heteroatoms. The van der Waals surface area contributed by atoms with Gasteiger partial charge < -0.3 is 14.7 Å². The molecule has 0 bridgehead atoms. The van der Waals surface area contributed by atoms with E-state index in [1.54, 1.807) is 24.3 Å². The molecule has 3 amide bonds. The monoisotopic (exact) mass is 481 g/mol. The number of rotatable bonds is 6. The van der Waals surface area contributed by atoms with E-state index in [1.807, 2.05) is 6.07 Å². The zero-order valence-corrected chi connectivity index (χ0v) is 19.3. The normalized spacial score (nSPS) is 22.8. The zero-order chi connectivity index (χ0) is 24.5. The minimum absolute atomic E-state index is 0.112. The number of carbonyl (C=O) groups excluding carboxylic acids is 3. The van der Waals surface area contributed by atoms with Crippen molar-refractivity contribution in [2.45, 2.75) is 57.3 Å². The molecule has 3 aliphatic heterocycles. The molecule has 1 unspecified atom stereocenters. The van der Waals surface area contributed by atoms with Gasteiger partial charge in [0.15, 0.2) is 11.6 Å². The number of amides is 3. The van der Waals surface area contributed by atoms with E-state index in [4.69, 9.17) is 4.74 Å². The number of nitrogens with zero attached hydrogens (tertiary/aromatic N) is 2. The molecule has 2 aromatic rings. The Labute approximate surface area is 202 Å². The third kappa shape index (κ3) is 4.73. The van der Waals surface area contributed by atoms with Crippen LogP contribution >= 0.6 is 0 Å². The van der Waals surface area contributed by atoms with E-state index in [1.165, 1.54) is 11.0 Å². The molecule has 3 heterocycles. The number of nitrogens with one attached hydrogen (secondary N) is 1. The first kappa shape index (κ1) is 23.3. The Morgan fingerprint density at radius 2 is 1.97 bits per heavy atom. The van der Waals surface area contributed by atoms with E-state index < -0.39 is 17.8 Å². The molecular formula is C26H28FN3O5. The molecule has 2 atom stereocenters. The van der Waals surface area contributed by atoms with Crippen LogP contribution in [0.5, 0.6) is 11.5 Å². The van der Waals surface area contributed by atoms with Crippen LogP contribution in [0.4, 0.5) is 4.39 Å². The lowest BCUT2D eigenvalue weighted by atomic mass is 10.0. The Hall–Kier alpha value is -3.46. The van der Waals surface area contributed by atoms with E-state index >= 15 is 0 Å². The number of imide groups is 1. The van der Waals surface area contributed by atoms with Gasteiger partial charge in [0, 0.05) is 36.7 Å². The van der Waals surface area contributed by atoms with E-state index in [2.05, 4.69) is 10.2 Å². The van der Waals surface area contributed by atoms with E-state index in [0.717, 1.165) is 31.4 Å². The van der Waals surface area contributed by atoms with Gasteiger partial charge in [-0.15, -0.1) is 0 Å². The summed E-state index contributed by atoms with van der Waals surface area (Å²) < 4.78 is 19.9. The van der Waals surface area contributed by atoms with Gasteiger partial charge in [-0.1, -0.05) is 18.6 Å². The van der Waals surface area contributed by atoms with Gasteiger partial charge in [-0.25, -0.2) is 4.39 Å². The Morgan fingerprint density at radius 3 is 2.80 bits per heavy atom. The Bertz CT molecular complexity index is 1170. The number of piperidine rings is 2. The van der Waals surface area contributed by atoms with Gasteiger partial charge in [-0.05, 0) is 55.6 Å². The van der Waals surface area contributed by atoms with Crippen LogP contribution in [0.2, 0.25) is 0 Å². The number of aromatic hydroxyl groups is 1. The Morgan fingerprint density at radius 1 is 1.11 bits per heavy atom. The number of hydrogen-bond donors (Lipinski definition) is 2. The highest BCUT2D eigenvalue weighted by molar-refractivity contribution is 6.05. The molecule has 5 rings (SSSR count). The van der Waals surface area contributed by atoms with Gasteiger partial charge in [0.25, 0.3) is 5.91 Å². The van der Waals surface area contributed by atoms with Crippen LogP contribution in [-0.2, 0) is 22.7 Å². The summed E-state index contributed by atoms with van der Waals surface area (Å²) in [6, 6.07) is 9.37. The molecule has 0 radical (unpaired) electrons. The number of fused-ring (bicyclic) bond motifs is 1. The summed E-state index contributed by atoms with van der Waals surface area (Å²) in [5.41, 5.74) is 1.90. The summed E-state index contributed by atoms with van der Waals surface area (Å²) in [6.07, 6.45) is 3.58. The molecule has 2 aromatic carbocycles. The molecule has 0 saturated carbocycles. The third-order valence-electron chi connectivity index (χ3n) is 7.13. The molecular weight excluding hydrogens is 453 g/mol. The third-order valence-corrected chi connectivity index (χ3v) is 7.13. The first-order chi connectivity index (χ1) is 16.9. The molecule has 2 N–H and O–H groups in total. The van der Waals surface area contributed by atoms with Gasteiger partial charge in [0.1, 0.15) is 18.4 Å². The predicted molar refractivity (Wildman–Crippen MR) is 124 cm³/mol. The number of hydrogen-bond acceptors (Lipinski definition) is 6. The zero-order valence-electron chi connectivity index (χ0n) is 19.3. The molecule has 3 aliphatic rings. The fraction of sp³-hybridized carbons (Fsp3) is 0.423. The maximum atomic E-state index is 13.8. The van der Waals surface area contributed by atoms with E-state index in [0.29, 0.717) is 43.0 Å². The Kier molecular flexibility index (Phi) is 6.42. The highest BCUT2D eigenvalue weighted by Crippen LogP contribution is 2.31. The number of carbonyl (C=O) groups is 3. The Balaban J connectivity index is 1.24. The van der Waals surface area contributed by atoms with E-state index in [-0.39, 0.29) is 30.0 Å². The number of phenols is 1. The SMILES string of the molecule is O=C1CCC(N2Cc3cc(OC[C@H]4CCCCN4Cc4cccc(F)c4O)ccc3C2=O)C(=O)N1. The molecule has 184 valence electrons. The first-order valence-electron chi connectivity index (χ1n) is 12.0. The minimum Gasteiger partial charge on any atom is -0.505 e. The van der Waals surface area contributed by atoms with Crippen molar-refractivity contribution < 1.29 is 28.6 Å². The molecule has 0 aromatic heterocycles.